The lowest BCUT2D eigenvalue weighted by Crippen LogP contribution is -2.13. The topological polar surface area (TPSA) is 51.2 Å². The zero-order valence-electron chi connectivity index (χ0n) is 11.4. The summed E-state index contributed by atoms with van der Waals surface area (Å²) in [6.07, 6.45) is 2.12. The van der Waals surface area contributed by atoms with E-state index in [1.807, 2.05) is 0 Å². The van der Waals surface area contributed by atoms with E-state index in [1.165, 1.54) is 19.4 Å². The molecule has 0 saturated carbocycles. The van der Waals surface area contributed by atoms with Crippen molar-refractivity contribution < 1.29 is 13.9 Å². The second-order valence-electron chi connectivity index (χ2n) is 4.38. The molecule has 0 aliphatic carbocycles. The van der Waals surface area contributed by atoms with Crippen LogP contribution in [0, 0.1) is 5.82 Å². The van der Waals surface area contributed by atoms with Crippen LogP contribution in [-0.4, -0.2) is 18.0 Å². The average molecular weight is 309 g/mol. The summed E-state index contributed by atoms with van der Waals surface area (Å²) in [7, 11) is 1.41. The van der Waals surface area contributed by atoms with E-state index in [2.05, 4.69) is 10.3 Å². The fourth-order valence-electron chi connectivity index (χ4n) is 1.78. The molecule has 0 fully saturated rings. The van der Waals surface area contributed by atoms with Gasteiger partial charge in [0.1, 0.15) is 5.82 Å². The number of nitrogens with zero attached hydrogens (tertiary/aromatic N) is 1. The number of rotatable bonds is 5. The molecular weight excluding hydrogens is 295 g/mol. The number of nitrogens with one attached hydrogen (secondary N) is 1. The summed E-state index contributed by atoms with van der Waals surface area (Å²) in [6, 6.07) is 7.90. The van der Waals surface area contributed by atoms with Gasteiger partial charge in [-0.25, -0.2) is 9.37 Å². The Kier molecular flexibility index (Phi) is 5.11. The van der Waals surface area contributed by atoms with E-state index in [9.17, 15) is 9.18 Å². The van der Waals surface area contributed by atoms with E-state index < -0.39 is 5.82 Å². The van der Waals surface area contributed by atoms with Crippen LogP contribution in [0.5, 0.6) is 5.75 Å². The van der Waals surface area contributed by atoms with Crippen molar-refractivity contribution in [2.24, 2.45) is 0 Å². The Labute approximate surface area is 126 Å². The number of ether oxygens (including phenoxy) is 1. The number of amides is 1. The summed E-state index contributed by atoms with van der Waals surface area (Å²) >= 11 is 5.71. The van der Waals surface area contributed by atoms with Gasteiger partial charge in [0.15, 0.2) is 11.6 Å². The molecule has 4 nitrogen and oxygen atoms in total. The minimum Gasteiger partial charge on any atom is -0.494 e. The highest BCUT2D eigenvalue weighted by Gasteiger charge is 2.07. The van der Waals surface area contributed by atoms with Gasteiger partial charge < -0.3 is 10.1 Å². The van der Waals surface area contributed by atoms with Gasteiger partial charge in [0, 0.05) is 12.6 Å². The van der Waals surface area contributed by atoms with Crippen LogP contribution in [0.1, 0.15) is 12.0 Å². The van der Waals surface area contributed by atoms with E-state index in [-0.39, 0.29) is 18.1 Å². The normalized spacial score (nSPS) is 10.2. The number of carbonyl (C=O) groups is 1. The zero-order chi connectivity index (χ0) is 15.2. The maximum Gasteiger partial charge on any atom is 0.225 e. The zero-order valence-corrected chi connectivity index (χ0v) is 12.2. The molecule has 0 bridgehead atoms. The van der Waals surface area contributed by atoms with Gasteiger partial charge in [-0.3, -0.25) is 4.79 Å². The summed E-state index contributed by atoms with van der Waals surface area (Å²) in [5.41, 5.74) is 0.729. The molecule has 1 amide bonds. The molecule has 0 spiro atoms. The van der Waals surface area contributed by atoms with Crippen LogP contribution >= 0.6 is 11.6 Å². The van der Waals surface area contributed by atoms with E-state index >= 15 is 0 Å². The first-order valence-electron chi connectivity index (χ1n) is 6.32. The van der Waals surface area contributed by atoms with Crippen molar-refractivity contribution in [1.82, 2.24) is 4.98 Å². The number of aromatic nitrogens is 1. The molecule has 1 N–H and O–H groups in total. The summed E-state index contributed by atoms with van der Waals surface area (Å²) in [5.74, 6) is -0.00491. The van der Waals surface area contributed by atoms with Crippen LogP contribution in [0.15, 0.2) is 36.5 Å². The predicted molar refractivity (Wildman–Crippen MR) is 79.1 cm³/mol. The highest BCUT2D eigenvalue weighted by atomic mass is 35.5. The molecular formula is C15H14ClFN2O2. The second-order valence-corrected chi connectivity index (χ2v) is 4.82. The van der Waals surface area contributed by atoms with E-state index in [1.54, 1.807) is 24.3 Å². The molecule has 0 atom stereocenters. The highest BCUT2D eigenvalue weighted by molar-refractivity contribution is 6.30. The first kappa shape index (κ1) is 15.3. The standard InChI is InChI=1S/C15H14ClFN2O2/c1-21-13-5-2-10(8-12(13)17)3-7-15(20)19-14-6-4-11(16)9-18-14/h2,4-6,8-9H,3,7H2,1H3,(H,18,19,20). The van der Waals surface area contributed by atoms with Crippen LogP contribution in [0.25, 0.3) is 0 Å². The predicted octanol–water partition coefficient (Wildman–Crippen LogP) is 3.45. The summed E-state index contributed by atoms with van der Waals surface area (Å²) in [5, 5.41) is 3.15. The van der Waals surface area contributed by atoms with Gasteiger partial charge in [-0.2, -0.15) is 0 Å². The number of aryl methyl sites for hydroxylation is 1. The van der Waals surface area contributed by atoms with Gasteiger partial charge in [0.05, 0.1) is 12.1 Å². The molecule has 1 heterocycles. The third kappa shape index (κ3) is 4.43. The highest BCUT2D eigenvalue weighted by Crippen LogP contribution is 2.18. The van der Waals surface area contributed by atoms with Crippen molar-refractivity contribution in [2.75, 3.05) is 12.4 Å². The Bertz CT molecular complexity index is 632. The minimum atomic E-state index is -0.435. The van der Waals surface area contributed by atoms with E-state index in [0.717, 1.165) is 5.56 Å². The van der Waals surface area contributed by atoms with Crippen LogP contribution in [-0.2, 0) is 11.2 Å². The van der Waals surface area contributed by atoms with Crippen molar-refractivity contribution in [3.8, 4) is 5.75 Å². The SMILES string of the molecule is COc1ccc(CCC(=O)Nc2ccc(Cl)cn2)cc1F. The Hall–Kier alpha value is -2.14. The van der Waals surface area contributed by atoms with Crippen LogP contribution in [0.3, 0.4) is 0 Å². The Morgan fingerprint density at radius 3 is 2.81 bits per heavy atom. The number of hydrogen-bond acceptors (Lipinski definition) is 3. The van der Waals surface area contributed by atoms with E-state index in [4.69, 9.17) is 16.3 Å². The number of benzene rings is 1. The van der Waals surface area contributed by atoms with Crippen molar-refractivity contribution >= 4 is 23.3 Å². The molecule has 21 heavy (non-hydrogen) atoms. The quantitative estimate of drug-likeness (QED) is 0.920. The monoisotopic (exact) mass is 308 g/mol. The Balaban J connectivity index is 1.89. The number of hydrogen-bond donors (Lipinski definition) is 1. The Morgan fingerprint density at radius 1 is 1.38 bits per heavy atom. The summed E-state index contributed by atoms with van der Waals surface area (Å²) in [6.45, 7) is 0. The fraction of sp³-hybridized carbons (Fsp3) is 0.200. The second kappa shape index (κ2) is 7.04. The first-order valence-corrected chi connectivity index (χ1v) is 6.70. The van der Waals surface area contributed by atoms with Gasteiger partial charge in [0.25, 0.3) is 0 Å². The van der Waals surface area contributed by atoms with Gasteiger partial charge >= 0.3 is 0 Å². The lowest BCUT2D eigenvalue weighted by molar-refractivity contribution is -0.116. The molecule has 1 aromatic heterocycles. The molecule has 0 radical (unpaired) electrons. The molecule has 2 aromatic rings. The number of anilines is 1. The number of carbonyl (C=O) groups excluding carboxylic acids is 1. The van der Waals surface area contributed by atoms with Gasteiger partial charge in [-0.15, -0.1) is 0 Å². The third-order valence-electron chi connectivity index (χ3n) is 2.85. The molecule has 0 aliphatic rings. The minimum absolute atomic E-state index is 0.188. The third-order valence-corrected chi connectivity index (χ3v) is 3.08. The van der Waals surface area contributed by atoms with Crippen molar-refractivity contribution in [1.29, 1.82) is 0 Å². The van der Waals surface area contributed by atoms with E-state index in [0.29, 0.717) is 17.3 Å². The summed E-state index contributed by atoms with van der Waals surface area (Å²) in [4.78, 5) is 15.7. The van der Waals surface area contributed by atoms with Crippen LogP contribution in [0.4, 0.5) is 10.2 Å². The molecule has 0 unspecified atom stereocenters. The lowest BCUT2D eigenvalue weighted by Gasteiger charge is -2.06. The van der Waals surface area contributed by atoms with Crippen LogP contribution < -0.4 is 10.1 Å². The maximum absolute atomic E-state index is 13.5. The molecule has 0 saturated heterocycles. The average Bonchev–Trinajstić information content (AvgIpc) is 2.48. The summed E-state index contributed by atoms with van der Waals surface area (Å²) < 4.78 is 18.4. The lowest BCUT2D eigenvalue weighted by atomic mass is 10.1. The van der Waals surface area contributed by atoms with Gasteiger partial charge in [-0.1, -0.05) is 17.7 Å². The van der Waals surface area contributed by atoms with Crippen molar-refractivity contribution in [3.05, 3.63) is 52.9 Å². The molecule has 6 heteroatoms. The van der Waals surface area contributed by atoms with Gasteiger partial charge in [-0.05, 0) is 36.2 Å². The van der Waals surface area contributed by atoms with Crippen molar-refractivity contribution in [3.63, 3.8) is 0 Å². The van der Waals surface area contributed by atoms with Crippen molar-refractivity contribution in [2.45, 2.75) is 12.8 Å². The van der Waals surface area contributed by atoms with Crippen LogP contribution in [0.2, 0.25) is 5.02 Å². The molecule has 0 aliphatic heterocycles. The maximum atomic E-state index is 13.5. The molecule has 110 valence electrons. The number of halogens is 2. The fourth-order valence-corrected chi connectivity index (χ4v) is 1.89. The number of methoxy groups -OCH3 is 1. The first-order chi connectivity index (χ1) is 10.1. The molecule has 1 aromatic carbocycles. The molecule has 2 rings (SSSR count). The number of pyridine rings is 1. The van der Waals surface area contributed by atoms with Gasteiger partial charge in [0.2, 0.25) is 5.91 Å². The largest absolute Gasteiger partial charge is 0.494 e. The Morgan fingerprint density at radius 2 is 2.19 bits per heavy atom. The smallest absolute Gasteiger partial charge is 0.225 e.